The molecule has 0 fully saturated rings. The zero-order chi connectivity index (χ0) is 11.4. The molecule has 0 unspecified atom stereocenters. The highest BCUT2D eigenvalue weighted by Gasteiger charge is 2.21. The Morgan fingerprint density at radius 1 is 1.60 bits per heavy atom. The minimum absolute atomic E-state index is 0.246. The molecule has 0 N–H and O–H groups in total. The van der Waals surface area contributed by atoms with E-state index in [1.165, 1.54) is 7.11 Å². The van der Waals surface area contributed by atoms with Gasteiger partial charge in [-0.1, -0.05) is 0 Å². The second-order valence-electron chi connectivity index (χ2n) is 2.64. The predicted molar refractivity (Wildman–Crippen MR) is 45.0 cm³/mol. The van der Waals surface area contributed by atoms with Crippen LogP contribution in [0.25, 0.3) is 0 Å². The van der Waals surface area contributed by atoms with E-state index in [1.807, 2.05) is 0 Å². The largest absolute Gasteiger partial charge is 0.492 e. The van der Waals surface area contributed by atoms with E-state index >= 15 is 0 Å². The molecule has 0 spiro atoms. The summed E-state index contributed by atoms with van der Waals surface area (Å²) in [6.07, 6.45) is -2.50. The Bertz CT molecular complexity index is 401. The number of methoxy groups -OCH3 is 1. The van der Waals surface area contributed by atoms with Gasteiger partial charge < -0.3 is 4.74 Å². The van der Waals surface area contributed by atoms with Crippen LogP contribution < -0.4 is 4.74 Å². The van der Waals surface area contributed by atoms with Crippen molar-refractivity contribution < 1.29 is 17.9 Å². The van der Waals surface area contributed by atoms with Crippen LogP contribution in [0.5, 0.6) is 5.75 Å². The van der Waals surface area contributed by atoms with Crippen LogP contribution in [0.15, 0.2) is 6.20 Å². The molecule has 0 aliphatic rings. The number of nitrogens with zero attached hydrogens (tertiary/aromatic N) is 2. The fraction of sp³-hybridized carbons (Fsp3) is 0.333. The van der Waals surface area contributed by atoms with Gasteiger partial charge in [-0.3, -0.25) is 4.98 Å². The molecular formula is C9H7F3N2O. The number of ether oxygens (including phenoxy) is 1. The Balaban J connectivity index is 3.32. The van der Waals surface area contributed by atoms with E-state index in [9.17, 15) is 13.2 Å². The second-order valence-corrected chi connectivity index (χ2v) is 2.64. The third-order valence-electron chi connectivity index (χ3n) is 1.79. The lowest BCUT2D eigenvalue weighted by atomic mass is 10.1. The Labute approximate surface area is 84.1 Å². The predicted octanol–water partition coefficient (Wildman–Crippen LogP) is 2.23. The minimum atomic E-state index is -2.91. The van der Waals surface area contributed by atoms with Crippen LogP contribution in [0.2, 0.25) is 0 Å². The van der Waals surface area contributed by atoms with Crippen LogP contribution >= 0.6 is 0 Å². The first-order chi connectivity index (χ1) is 7.11. The molecule has 0 saturated heterocycles. The van der Waals surface area contributed by atoms with Gasteiger partial charge in [-0.25, -0.2) is 13.2 Å². The van der Waals surface area contributed by atoms with Gasteiger partial charge in [0.2, 0.25) is 0 Å². The van der Waals surface area contributed by atoms with Gasteiger partial charge in [0.1, 0.15) is 5.69 Å². The molecule has 1 rings (SSSR count). The molecule has 15 heavy (non-hydrogen) atoms. The number of rotatable bonds is 3. The van der Waals surface area contributed by atoms with Crippen LogP contribution in [0.3, 0.4) is 0 Å². The zero-order valence-electron chi connectivity index (χ0n) is 7.80. The lowest BCUT2D eigenvalue weighted by Gasteiger charge is -2.09. The van der Waals surface area contributed by atoms with Crippen molar-refractivity contribution in [2.45, 2.75) is 12.8 Å². The number of pyridine rings is 1. The van der Waals surface area contributed by atoms with Crippen LogP contribution in [-0.2, 0) is 6.42 Å². The third kappa shape index (κ3) is 2.18. The fourth-order valence-corrected chi connectivity index (χ4v) is 1.10. The third-order valence-corrected chi connectivity index (χ3v) is 1.79. The van der Waals surface area contributed by atoms with Gasteiger partial charge in [0.15, 0.2) is 11.6 Å². The number of aromatic nitrogens is 1. The summed E-state index contributed by atoms with van der Waals surface area (Å²) in [4.78, 5) is 3.36. The quantitative estimate of drug-likeness (QED) is 0.778. The van der Waals surface area contributed by atoms with Crippen LogP contribution in [0, 0.1) is 17.1 Å². The van der Waals surface area contributed by atoms with E-state index < -0.39 is 29.9 Å². The Hall–Kier alpha value is -1.77. The standard InChI is InChI=1S/C9H7F3N2O/c1-15-6-4-14-8(9(11)12)5(2-3-13)7(6)10/h4,9H,2H2,1H3. The molecule has 0 amide bonds. The molecule has 1 aromatic heterocycles. The molecule has 80 valence electrons. The molecule has 0 radical (unpaired) electrons. The normalized spacial score (nSPS) is 10.1. The minimum Gasteiger partial charge on any atom is -0.492 e. The van der Waals surface area contributed by atoms with Gasteiger partial charge in [-0.05, 0) is 0 Å². The SMILES string of the molecule is COc1cnc(C(F)F)c(CC#N)c1F. The number of hydrogen-bond donors (Lipinski definition) is 0. The highest BCUT2D eigenvalue weighted by molar-refractivity contribution is 5.34. The molecular weight excluding hydrogens is 209 g/mol. The Morgan fingerprint density at radius 2 is 2.27 bits per heavy atom. The first-order valence-corrected chi connectivity index (χ1v) is 3.98. The summed E-state index contributed by atoms with van der Waals surface area (Å²) in [5.74, 6) is -1.20. The van der Waals surface area contributed by atoms with E-state index in [2.05, 4.69) is 9.72 Å². The average Bonchev–Trinajstić information content (AvgIpc) is 2.20. The topological polar surface area (TPSA) is 45.9 Å². The summed E-state index contributed by atoms with van der Waals surface area (Å²) < 4.78 is 42.8. The Morgan fingerprint density at radius 3 is 2.73 bits per heavy atom. The molecule has 0 aromatic carbocycles. The lowest BCUT2D eigenvalue weighted by Crippen LogP contribution is -2.04. The maximum atomic E-state index is 13.4. The fourth-order valence-electron chi connectivity index (χ4n) is 1.10. The average molecular weight is 216 g/mol. The van der Waals surface area contributed by atoms with Crippen molar-refractivity contribution in [1.82, 2.24) is 4.98 Å². The number of nitriles is 1. The van der Waals surface area contributed by atoms with Gasteiger partial charge in [0.05, 0.1) is 25.8 Å². The van der Waals surface area contributed by atoms with E-state index in [0.717, 1.165) is 6.20 Å². The van der Waals surface area contributed by atoms with Crippen molar-refractivity contribution >= 4 is 0 Å². The van der Waals surface area contributed by atoms with Crippen molar-refractivity contribution in [3.05, 3.63) is 23.3 Å². The Kier molecular flexibility index (Phi) is 3.50. The summed E-state index contributed by atoms with van der Waals surface area (Å²) in [5, 5.41) is 8.38. The van der Waals surface area contributed by atoms with Gasteiger partial charge in [0.25, 0.3) is 6.43 Å². The lowest BCUT2D eigenvalue weighted by molar-refractivity contribution is 0.144. The smallest absolute Gasteiger partial charge is 0.280 e. The summed E-state index contributed by atoms with van der Waals surface area (Å²) in [6.45, 7) is 0. The molecule has 0 bridgehead atoms. The highest BCUT2D eigenvalue weighted by atomic mass is 19.3. The van der Waals surface area contributed by atoms with Crippen molar-refractivity contribution in [2.75, 3.05) is 7.11 Å². The van der Waals surface area contributed by atoms with Crippen LogP contribution in [-0.4, -0.2) is 12.1 Å². The van der Waals surface area contributed by atoms with Gasteiger partial charge in [0, 0.05) is 5.56 Å². The number of hydrogen-bond acceptors (Lipinski definition) is 3. The second kappa shape index (κ2) is 4.64. The first-order valence-electron chi connectivity index (χ1n) is 3.98. The molecule has 0 atom stereocenters. The van der Waals surface area contributed by atoms with Crippen molar-refractivity contribution in [3.63, 3.8) is 0 Å². The molecule has 0 aliphatic heterocycles. The maximum absolute atomic E-state index is 13.4. The van der Waals surface area contributed by atoms with Gasteiger partial charge in [-0.15, -0.1) is 0 Å². The molecule has 3 nitrogen and oxygen atoms in total. The van der Waals surface area contributed by atoms with Crippen molar-refractivity contribution in [2.24, 2.45) is 0 Å². The van der Waals surface area contributed by atoms with Crippen molar-refractivity contribution in [1.29, 1.82) is 5.26 Å². The molecule has 1 aromatic rings. The summed E-state index contributed by atoms with van der Waals surface area (Å²) >= 11 is 0. The number of halogens is 3. The van der Waals surface area contributed by atoms with E-state index in [1.54, 1.807) is 6.07 Å². The van der Waals surface area contributed by atoms with Crippen LogP contribution in [0.1, 0.15) is 17.7 Å². The number of alkyl halides is 2. The highest BCUT2D eigenvalue weighted by Crippen LogP contribution is 2.27. The van der Waals surface area contributed by atoms with E-state index in [4.69, 9.17) is 5.26 Å². The summed E-state index contributed by atoms with van der Waals surface area (Å²) in [5.41, 5.74) is -1.12. The van der Waals surface area contributed by atoms with E-state index in [0.29, 0.717) is 0 Å². The molecule has 0 saturated carbocycles. The maximum Gasteiger partial charge on any atom is 0.280 e. The monoisotopic (exact) mass is 216 g/mol. The summed E-state index contributed by atoms with van der Waals surface area (Å²) in [7, 11) is 1.19. The molecule has 6 heteroatoms. The first kappa shape index (κ1) is 11.3. The van der Waals surface area contributed by atoms with E-state index in [-0.39, 0.29) is 5.75 Å². The van der Waals surface area contributed by atoms with Crippen molar-refractivity contribution in [3.8, 4) is 11.8 Å². The van der Waals surface area contributed by atoms with Gasteiger partial charge in [-0.2, -0.15) is 5.26 Å². The zero-order valence-corrected chi connectivity index (χ0v) is 7.80. The molecule has 1 heterocycles. The van der Waals surface area contributed by atoms with Crippen LogP contribution in [0.4, 0.5) is 13.2 Å². The van der Waals surface area contributed by atoms with Gasteiger partial charge >= 0.3 is 0 Å². The molecule has 0 aliphatic carbocycles. The summed E-state index contributed by atoms with van der Waals surface area (Å²) in [6, 6.07) is 1.60.